The van der Waals surface area contributed by atoms with Gasteiger partial charge in [0, 0.05) is 50.7 Å². The first-order valence-corrected chi connectivity index (χ1v) is 10.8. The van der Waals surface area contributed by atoms with Gasteiger partial charge in [-0.3, -0.25) is 4.79 Å². The zero-order chi connectivity index (χ0) is 22.2. The van der Waals surface area contributed by atoms with E-state index in [4.69, 9.17) is 15.7 Å². The third-order valence-electron chi connectivity index (χ3n) is 6.12. The smallest absolute Gasteiger partial charge is 0.248 e. The number of nitrogens with zero attached hydrogens (tertiary/aromatic N) is 5. The number of nitrogens with two attached hydrogens (primary N) is 1. The first kappa shape index (κ1) is 21.6. The highest BCUT2D eigenvalue weighted by molar-refractivity contribution is 5.80. The number of aryl methyl sites for hydroxylation is 2. The van der Waals surface area contributed by atoms with Gasteiger partial charge in [-0.15, -0.1) is 0 Å². The highest BCUT2D eigenvalue weighted by atomic mass is 19.3. The van der Waals surface area contributed by atoms with Crippen LogP contribution in [-0.2, 0) is 11.2 Å². The van der Waals surface area contributed by atoms with Gasteiger partial charge >= 0.3 is 0 Å². The number of piperazine rings is 1. The average molecular weight is 434 g/mol. The molecule has 3 N–H and O–H groups in total. The second-order valence-electron chi connectivity index (χ2n) is 8.70. The maximum Gasteiger partial charge on any atom is 0.248 e. The molecular formula is C21H29F2N7O. The molecule has 1 saturated carbocycles. The quantitative estimate of drug-likeness (QED) is 0.747. The summed E-state index contributed by atoms with van der Waals surface area (Å²) in [5.74, 6) is -0.879. The lowest BCUT2D eigenvalue weighted by atomic mass is 9.84. The van der Waals surface area contributed by atoms with Crippen LogP contribution in [0.5, 0.6) is 0 Å². The summed E-state index contributed by atoms with van der Waals surface area (Å²) < 4.78 is 28.9. The minimum absolute atomic E-state index is 0.0836. The molecule has 2 aromatic heterocycles. The van der Waals surface area contributed by atoms with Crippen molar-refractivity contribution >= 4 is 11.7 Å². The van der Waals surface area contributed by atoms with Gasteiger partial charge in [0.25, 0.3) is 0 Å². The van der Waals surface area contributed by atoms with Crippen LogP contribution in [0, 0.1) is 19.8 Å². The molecule has 1 unspecified atom stereocenters. The predicted octanol–water partition coefficient (Wildman–Crippen LogP) is 1.91. The summed E-state index contributed by atoms with van der Waals surface area (Å²) in [6, 6.07) is 3.38. The third-order valence-corrected chi connectivity index (χ3v) is 6.12. The number of halogens is 2. The molecule has 4 rings (SSSR count). The topological polar surface area (TPSA) is 102 Å². The number of primary amides is 1. The minimum atomic E-state index is -2.56. The van der Waals surface area contributed by atoms with Gasteiger partial charge < -0.3 is 16.0 Å². The average Bonchev–Trinajstić information content (AvgIpc) is 3.07. The van der Waals surface area contributed by atoms with E-state index in [1.54, 1.807) is 4.68 Å². The standard InChI is InChI=1S/C21H29F2N7O/c1-13-9-14(2)30(28-13)19-11-18(29-8-7-25-16(12-29)20(24)31)26-17(27-19)10-15-3-5-21(22,23)6-4-15/h9,11,15-16,25H,3-8,10,12H2,1-2H3,(H2,24,31). The van der Waals surface area contributed by atoms with Gasteiger partial charge in [-0.05, 0) is 38.7 Å². The minimum Gasteiger partial charge on any atom is -0.368 e. The van der Waals surface area contributed by atoms with Crippen molar-refractivity contribution in [3.05, 3.63) is 29.3 Å². The van der Waals surface area contributed by atoms with E-state index in [0.29, 0.717) is 56.4 Å². The van der Waals surface area contributed by atoms with Crippen LogP contribution in [0.2, 0.25) is 0 Å². The lowest BCUT2D eigenvalue weighted by molar-refractivity contribution is -0.120. The van der Waals surface area contributed by atoms with Gasteiger partial charge in [-0.25, -0.2) is 23.4 Å². The Bertz CT molecular complexity index is 951. The molecule has 31 heavy (non-hydrogen) atoms. The van der Waals surface area contributed by atoms with E-state index in [0.717, 1.165) is 11.4 Å². The van der Waals surface area contributed by atoms with E-state index in [1.165, 1.54) is 0 Å². The molecule has 2 fully saturated rings. The fourth-order valence-electron chi connectivity index (χ4n) is 4.40. The number of amides is 1. The van der Waals surface area contributed by atoms with Crippen molar-refractivity contribution in [2.75, 3.05) is 24.5 Å². The zero-order valence-corrected chi connectivity index (χ0v) is 17.9. The molecule has 2 aliphatic rings. The molecule has 0 bridgehead atoms. The SMILES string of the molecule is Cc1cc(C)n(-c2cc(N3CCNC(C(N)=O)C3)nc(CC3CCC(F)(F)CC3)n2)n1. The van der Waals surface area contributed by atoms with E-state index >= 15 is 0 Å². The molecular weight excluding hydrogens is 404 g/mol. The van der Waals surface area contributed by atoms with Crippen molar-refractivity contribution in [1.29, 1.82) is 0 Å². The fraction of sp³-hybridized carbons (Fsp3) is 0.619. The molecule has 1 saturated heterocycles. The Hall–Kier alpha value is -2.62. The van der Waals surface area contributed by atoms with E-state index in [1.807, 2.05) is 30.9 Å². The van der Waals surface area contributed by atoms with Crippen molar-refractivity contribution in [3.8, 4) is 5.82 Å². The maximum atomic E-state index is 13.6. The number of nitrogens with one attached hydrogen (secondary N) is 1. The van der Waals surface area contributed by atoms with E-state index < -0.39 is 17.9 Å². The second kappa shape index (κ2) is 8.49. The Morgan fingerprint density at radius 1 is 1.23 bits per heavy atom. The Morgan fingerprint density at radius 2 is 1.94 bits per heavy atom. The number of aromatic nitrogens is 4. The molecule has 0 spiro atoms. The van der Waals surface area contributed by atoms with Crippen molar-refractivity contribution in [3.63, 3.8) is 0 Å². The zero-order valence-electron chi connectivity index (χ0n) is 17.9. The Labute approximate surface area is 180 Å². The van der Waals surface area contributed by atoms with Crippen LogP contribution in [0.15, 0.2) is 12.1 Å². The van der Waals surface area contributed by atoms with Crippen LogP contribution in [0.3, 0.4) is 0 Å². The molecule has 1 aliphatic heterocycles. The van der Waals surface area contributed by atoms with Gasteiger partial charge in [-0.1, -0.05) is 0 Å². The predicted molar refractivity (Wildman–Crippen MR) is 112 cm³/mol. The van der Waals surface area contributed by atoms with Crippen LogP contribution < -0.4 is 16.0 Å². The van der Waals surface area contributed by atoms with Crippen molar-refractivity contribution < 1.29 is 13.6 Å². The summed E-state index contributed by atoms with van der Waals surface area (Å²) in [6.45, 7) is 5.57. The highest BCUT2D eigenvalue weighted by Crippen LogP contribution is 2.37. The summed E-state index contributed by atoms with van der Waals surface area (Å²) in [4.78, 5) is 23.2. The maximum absolute atomic E-state index is 13.6. The first-order valence-electron chi connectivity index (χ1n) is 10.8. The van der Waals surface area contributed by atoms with Gasteiger partial charge in [0.15, 0.2) is 5.82 Å². The monoisotopic (exact) mass is 433 g/mol. The number of hydrogen-bond acceptors (Lipinski definition) is 6. The molecule has 10 heteroatoms. The molecule has 1 atom stereocenters. The third kappa shape index (κ3) is 5.00. The lowest BCUT2D eigenvalue weighted by Crippen LogP contribution is -2.56. The molecule has 0 aromatic carbocycles. The summed E-state index contributed by atoms with van der Waals surface area (Å²) in [7, 11) is 0. The van der Waals surface area contributed by atoms with Crippen molar-refractivity contribution in [2.45, 2.75) is 57.9 Å². The summed E-state index contributed by atoms with van der Waals surface area (Å²) in [5.41, 5.74) is 7.31. The van der Waals surface area contributed by atoms with E-state index in [9.17, 15) is 13.6 Å². The molecule has 1 aliphatic carbocycles. The Kier molecular flexibility index (Phi) is 5.92. The molecule has 8 nitrogen and oxygen atoms in total. The molecule has 3 heterocycles. The molecule has 0 radical (unpaired) electrons. The lowest BCUT2D eigenvalue weighted by Gasteiger charge is -2.33. The first-order chi connectivity index (χ1) is 14.7. The number of rotatable bonds is 5. The van der Waals surface area contributed by atoms with E-state index in [-0.39, 0.29) is 18.8 Å². The fourth-order valence-corrected chi connectivity index (χ4v) is 4.40. The highest BCUT2D eigenvalue weighted by Gasteiger charge is 2.35. The summed E-state index contributed by atoms with van der Waals surface area (Å²) in [6.07, 6.45) is 1.31. The van der Waals surface area contributed by atoms with Crippen LogP contribution in [0.25, 0.3) is 5.82 Å². The Balaban J connectivity index is 1.64. The number of hydrogen-bond donors (Lipinski definition) is 2. The van der Waals surface area contributed by atoms with E-state index in [2.05, 4.69) is 10.4 Å². The number of anilines is 1. The number of carbonyl (C=O) groups excluding carboxylic acids is 1. The number of carbonyl (C=O) groups is 1. The van der Waals surface area contributed by atoms with Gasteiger partial charge in [0.05, 0.1) is 5.69 Å². The Morgan fingerprint density at radius 3 is 2.58 bits per heavy atom. The van der Waals surface area contributed by atoms with Crippen molar-refractivity contribution in [2.24, 2.45) is 11.7 Å². The second-order valence-corrected chi connectivity index (χ2v) is 8.70. The summed E-state index contributed by atoms with van der Waals surface area (Å²) >= 11 is 0. The molecule has 2 aromatic rings. The summed E-state index contributed by atoms with van der Waals surface area (Å²) in [5, 5.41) is 7.66. The van der Waals surface area contributed by atoms with Gasteiger partial charge in [0.1, 0.15) is 17.7 Å². The van der Waals surface area contributed by atoms with Crippen LogP contribution in [-0.4, -0.2) is 57.3 Å². The van der Waals surface area contributed by atoms with Crippen LogP contribution in [0.4, 0.5) is 14.6 Å². The van der Waals surface area contributed by atoms with Crippen LogP contribution >= 0.6 is 0 Å². The van der Waals surface area contributed by atoms with Crippen molar-refractivity contribution in [1.82, 2.24) is 25.1 Å². The largest absolute Gasteiger partial charge is 0.368 e. The van der Waals surface area contributed by atoms with Gasteiger partial charge in [-0.2, -0.15) is 5.10 Å². The normalized spacial score (nSPS) is 21.9. The molecule has 168 valence electrons. The molecule has 1 amide bonds. The van der Waals surface area contributed by atoms with Gasteiger partial charge in [0.2, 0.25) is 11.8 Å². The number of alkyl halides is 2. The van der Waals surface area contributed by atoms with Crippen LogP contribution in [0.1, 0.15) is 42.9 Å².